The summed E-state index contributed by atoms with van der Waals surface area (Å²) in [5.41, 5.74) is 6.99. The Morgan fingerprint density at radius 3 is 1.19 bits per heavy atom. The Hall–Kier alpha value is -2.34. The first-order valence-corrected chi connectivity index (χ1v) is 15.8. The van der Waals surface area contributed by atoms with E-state index >= 15 is 0 Å². The second-order valence-electron chi connectivity index (χ2n) is 9.88. The number of benzene rings is 3. The molecular formula is C30H32F5IrN2O7S2+. The summed E-state index contributed by atoms with van der Waals surface area (Å²) in [6, 6.07) is 13.7. The van der Waals surface area contributed by atoms with E-state index < -0.39 is 66.5 Å². The molecule has 5 radical (unpaired) electrons. The molecule has 0 unspecified atom stereocenters. The van der Waals surface area contributed by atoms with Crippen molar-refractivity contribution in [3.8, 4) is 0 Å². The smallest absolute Gasteiger partial charge is 0.759 e. The van der Waals surface area contributed by atoms with E-state index in [1.54, 1.807) is 48.5 Å². The molecule has 5 N–H and O–H groups in total. The molecule has 4 rings (SSSR count). The molecule has 1 aliphatic rings. The van der Waals surface area contributed by atoms with Gasteiger partial charge in [0, 0.05) is 10.4 Å². The molecule has 0 heterocycles. The van der Waals surface area contributed by atoms with Gasteiger partial charge in [-0.15, -0.1) is 0 Å². The molecule has 0 amide bonds. The normalized spacial score (nSPS) is 16.1. The molecule has 259 valence electrons. The summed E-state index contributed by atoms with van der Waals surface area (Å²) in [7, 11) is -10.4. The van der Waals surface area contributed by atoms with Crippen molar-refractivity contribution in [2.75, 3.05) is 0 Å². The molecule has 1 aliphatic carbocycles. The fourth-order valence-corrected chi connectivity index (χ4v) is 5.72. The van der Waals surface area contributed by atoms with Crippen molar-refractivity contribution < 1.29 is 73.5 Å². The number of nitrogens with one attached hydrogen (secondary N) is 1. The molecule has 0 saturated heterocycles. The van der Waals surface area contributed by atoms with E-state index in [4.69, 9.17) is 23.3 Å². The van der Waals surface area contributed by atoms with Crippen molar-refractivity contribution in [3.63, 3.8) is 0 Å². The number of halogens is 5. The number of hydrogen-bond donors (Lipinski definition) is 2. The van der Waals surface area contributed by atoms with Gasteiger partial charge in [0.1, 0.15) is 0 Å². The van der Waals surface area contributed by atoms with Crippen LogP contribution in [0, 0.1) is 58.7 Å². The van der Waals surface area contributed by atoms with E-state index in [9.17, 15) is 30.4 Å². The molecule has 0 spiro atoms. The fraction of sp³-hybridized carbons (Fsp3) is 0.233. The number of sulfonamides is 1. The topological polar surface area (TPSA) is 184 Å². The summed E-state index contributed by atoms with van der Waals surface area (Å²) in [5, 5.41) is 0. The van der Waals surface area contributed by atoms with E-state index in [-0.39, 0.29) is 25.6 Å². The van der Waals surface area contributed by atoms with Gasteiger partial charge in [0.2, 0.25) is 15.8 Å². The van der Waals surface area contributed by atoms with Gasteiger partial charge < -0.3 is 20.3 Å². The second kappa shape index (κ2) is 18.4. The standard InChI is InChI=1S/C20H15F5N2O2S.C10H15.Ir.H2O4S.H2O/c21-13-14(22)16(24)20(17(25)15(13)23)30(28,29)27-19(12-9-5-2-6-10-12)18(26)11-7-3-1-4-8-11;1-6-7(2)9(4)10(5)8(6)3;;1-5(2,3)4;/h1-10,18-19,27H,26H2;1-5H3;;(H2,1,2,3,4);1H2/q;;+3;;/p-2/t18-,19-;;;;/m1..../s1. The zero-order chi connectivity index (χ0) is 34.4. The predicted octanol–water partition coefficient (Wildman–Crippen LogP) is 4.91. The minimum absolute atomic E-state index is 0. The number of hydrogen-bond acceptors (Lipinski definition) is 7. The first-order chi connectivity index (χ1) is 20.7. The van der Waals surface area contributed by atoms with Crippen molar-refractivity contribution in [1.82, 2.24) is 4.72 Å². The van der Waals surface area contributed by atoms with Gasteiger partial charge >= 0.3 is 20.1 Å². The maximum absolute atomic E-state index is 14.1. The molecule has 1 fully saturated rings. The van der Waals surface area contributed by atoms with Crippen molar-refractivity contribution in [1.29, 1.82) is 0 Å². The Labute approximate surface area is 285 Å². The summed E-state index contributed by atoms with van der Waals surface area (Å²) >= 11 is 0. The zero-order valence-electron chi connectivity index (χ0n) is 25.5. The second-order valence-corrected chi connectivity index (χ2v) is 12.3. The molecule has 9 nitrogen and oxygen atoms in total. The fourth-order valence-electron chi connectivity index (χ4n) is 4.33. The molecule has 2 atom stereocenters. The molecular weight excluding hydrogens is 852 g/mol. The first kappa shape index (κ1) is 44.7. The molecule has 3 aromatic rings. The van der Waals surface area contributed by atoms with Crippen LogP contribution < -0.4 is 10.5 Å². The Bertz CT molecular complexity index is 1580. The molecule has 47 heavy (non-hydrogen) atoms. The number of rotatable bonds is 6. The monoisotopic (exact) mass is 884 g/mol. The van der Waals surface area contributed by atoms with Gasteiger partial charge in [0.15, 0.2) is 28.2 Å². The van der Waals surface area contributed by atoms with Gasteiger partial charge in [-0.25, -0.2) is 35.1 Å². The van der Waals surface area contributed by atoms with Gasteiger partial charge in [-0.3, -0.25) is 8.42 Å². The summed E-state index contributed by atoms with van der Waals surface area (Å²) in [4.78, 5) is -1.97. The van der Waals surface area contributed by atoms with Crippen LogP contribution in [0.25, 0.3) is 0 Å². The Morgan fingerprint density at radius 1 is 0.596 bits per heavy atom. The predicted molar refractivity (Wildman–Crippen MR) is 158 cm³/mol. The molecule has 17 heteroatoms. The SMILES string of the molecule is C[C]1[C](C)[C](C)[C](C)[C]1C.N[C@H](c1ccccc1)[C@H](NS(=O)(=O)c1c(F)c(F)c(F)c(F)c1F)c1ccccc1.O.O=S(=O)([O-])[O-].[Ir+3]. The maximum Gasteiger partial charge on any atom is 3.00 e. The van der Waals surface area contributed by atoms with Crippen LogP contribution >= 0.6 is 0 Å². The van der Waals surface area contributed by atoms with Crippen LogP contribution in [0.3, 0.4) is 0 Å². The molecule has 0 bridgehead atoms. The van der Waals surface area contributed by atoms with Crippen LogP contribution in [0.2, 0.25) is 0 Å². The Balaban J connectivity index is 0.00000103. The largest absolute Gasteiger partial charge is 3.00 e. The van der Waals surface area contributed by atoms with Gasteiger partial charge in [-0.2, -0.15) is 0 Å². The van der Waals surface area contributed by atoms with Crippen LogP contribution in [0.1, 0.15) is 57.8 Å². The van der Waals surface area contributed by atoms with Gasteiger partial charge in [0.05, 0.1) is 12.1 Å². The average molecular weight is 884 g/mol. The van der Waals surface area contributed by atoms with Crippen LogP contribution in [0.15, 0.2) is 65.6 Å². The Kier molecular flexibility index (Phi) is 17.5. The quantitative estimate of drug-likeness (QED) is 0.116. The van der Waals surface area contributed by atoms with E-state index in [1.165, 1.54) is 41.7 Å². The zero-order valence-corrected chi connectivity index (χ0v) is 29.5. The van der Waals surface area contributed by atoms with Crippen molar-refractivity contribution in [3.05, 3.63) is 130 Å². The summed E-state index contributed by atoms with van der Waals surface area (Å²) in [6.45, 7) is 11.0. The van der Waals surface area contributed by atoms with Crippen LogP contribution in [0.4, 0.5) is 22.0 Å². The minimum atomic E-state index is -5.21. The summed E-state index contributed by atoms with van der Waals surface area (Å²) in [5.74, 6) is -4.76. The van der Waals surface area contributed by atoms with E-state index in [0.717, 1.165) is 0 Å². The Morgan fingerprint density at radius 2 is 0.872 bits per heavy atom. The third kappa shape index (κ3) is 11.6. The van der Waals surface area contributed by atoms with Crippen molar-refractivity contribution in [2.24, 2.45) is 5.73 Å². The summed E-state index contributed by atoms with van der Waals surface area (Å²) in [6.07, 6.45) is 0. The molecule has 0 aromatic heterocycles. The molecule has 3 aromatic carbocycles. The van der Waals surface area contributed by atoms with Gasteiger partial charge in [-0.1, -0.05) is 95.3 Å². The molecule has 1 saturated carbocycles. The molecule has 0 aliphatic heterocycles. The van der Waals surface area contributed by atoms with Gasteiger partial charge in [-0.05, 0) is 40.7 Å². The average Bonchev–Trinajstić information content (AvgIpc) is 3.15. The van der Waals surface area contributed by atoms with E-state index in [0.29, 0.717) is 11.1 Å². The number of nitrogens with two attached hydrogens (primary N) is 1. The van der Waals surface area contributed by atoms with Crippen molar-refractivity contribution in [2.45, 2.75) is 51.6 Å². The van der Waals surface area contributed by atoms with Crippen LogP contribution in [0.5, 0.6) is 0 Å². The van der Waals surface area contributed by atoms with Crippen LogP contribution in [-0.2, 0) is 40.5 Å². The summed E-state index contributed by atoms with van der Waals surface area (Å²) < 4.78 is 130. The van der Waals surface area contributed by atoms with Gasteiger partial charge in [0.25, 0.3) is 0 Å². The van der Waals surface area contributed by atoms with Crippen molar-refractivity contribution >= 4 is 20.4 Å². The van der Waals surface area contributed by atoms with E-state index in [1.807, 2.05) is 4.72 Å². The van der Waals surface area contributed by atoms with E-state index in [2.05, 4.69) is 34.6 Å². The van der Waals surface area contributed by atoms with Crippen LogP contribution in [-0.4, -0.2) is 31.4 Å². The maximum atomic E-state index is 14.1. The first-order valence-electron chi connectivity index (χ1n) is 13.0. The third-order valence-electron chi connectivity index (χ3n) is 7.24. The minimum Gasteiger partial charge on any atom is -0.759 e. The third-order valence-corrected chi connectivity index (χ3v) is 8.70.